The zero-order valence-electron chi connectivity index (χ0n) is 12.1. The average molecular weight is 364 g/mol. The van der Waals surface area contributed by atoms with Crippen LogP contribution in [-0.2, 0) is 6.42 Å². The van der Waals surface area contributed by atoms with Gasteiger partial charge >= 0.3 is 0 Å². The summed E-state index contributed by atoms with van der Waals surface area (Å²) < 4.78 is 2.53. The van der Waals surface area contributed by atoms with Gasteiger partial charge in [-0.25, -0.2) is 4.98 Å². The number of hydrogen-bond acceptors (Lipinski definition) is 7. The number of rotatable bonds is 5. The number of H-pyrrole nitrogens is 1. The predicted molar refractivity (Wildman–Crippen MR) is 82.7 cm³/mol. The van der Waals surface area contributed by atoms with Crippen LogP contribution >= 0.6 is 15.9 Å². The lowest BCUT2D eigenvalue weighted by atomic mass is 10.3. The maximum absolute atomic E-state index is 4.34. The van der Waals surface area contributed by atoms with Crippen molar-refractivity contribution >= 4 is 21.9 Å². The molecule has 0 bridgehead atoms. The molecular formula is C12H14BrN9. The van der Waals surface area contributed by atoms with Gasteiger partial charge in [0.1, 0.15) is 0 Å². The molecule has 0 aliphatic rings. The van der Waals surface area contributed by atoms with Crippen LogP contribution in [0.3, 0.4) is 0 Å². The smallest absolute Gasteiger partial charge is 0.289 e. The second-order valence-electron chi connectivity index (χ2n) is 4.67. The Bertz CT molecular complexity index is 748. The monoisotopic (exact) mass is 363 g/mol. The third kappa shape index (κ3) is 2.96. The minimum absolute atomic E-state index is 0.338. The van der Waals surface area contributed by atoms with Gasteiger partial charge in [0.05, 0.1) is 22.2 Å². The van der Waals surface area contributed by atoms with E-state index < -0.39 is 0 Å². The molecule has 0 aromatic carbocycles. The van der Waals surface area contributed by atoms with Crippen molar-refractivity contribution < 1.29 is 0 Å². The quantitative estimate of drug-likeness (QED) is 0.700. The van der Waals surface area contributed by atoms with Crippen LogP contribution in [-0.4, -0.2) is 46.7 Å². The fourth-order valence-electron chi connectivity index (χ4n) is 1.93. The summed E-state index contributed by atoms with van der Waals surface area (Å²) in [6.45, 7) is 4.49. The molecule has 10 heteroatoms. The third-order valence-electron chi connectivity index (χ3n) is 3.09. The standard InChI is InChI=1S/C12H14BrN9/c1-7-10(13)8(2)22(21-7)12-19-17-11(18-20-12)15-4-3-9-5-14-6-16-9/h5-6H,3-4H2,1-2H3,(H,14,16)(H,15,17,18). The van der Waals surface area contributed by atoms with E-state index in [0.717, 1.165) is 28.0 Å². The summed E-state index contributed by atoms with van der Waals surface area (Å²) in [5.41, 5.74) is 2.81. The van der Waals surface area contributed by atoms with Gasteiger partial charge in [-0.15, -0.1) is 20.4 Å². The number of aromatic nitrogens is 8. The van der Waals surface area contributed by atoms with E-state index >= 15 is 0 Å². The second kappa shape index (κ2) is 6.18. The summed E-state index contributed by atoms with van der Waals surface area (Å²) >= 11 is 3.46. The first-order chi connectivity index (χ1) is 10.6. The van der Waals surface area contributed by atoms with Crippen molar-refractivity contribution in [3.05, 3.63) is 34.1 Å². The van der Waals surface area contributed by atoms with Crippen molar-refractivity contribution in [2.24, 2.45) is 0 Å². The summed E-state index contributed by atoms with van der Waals surface area (Å²) in [6.07, 6.45) is 4.22. The lowest BCUT2D eigenvalue weighted by Crippen LogP contribution is -2.13. The molecular weight excluding hydrogens is 350 g/mol. The van der Waals surface area contributed by atoms with Crippen LogP contribution in [0.25, 0.3) is 5.95 Å². The highest BCUT2D eigenvalue weighted by Gasteiger charge is 2.13. The zero-order chi connectivity index (χ0) is 15.5. The lowest BCUT2D eigenvalue weighted by molar-refractivity contribution is 0.709. The first kappa shape index (κ1) is 14.6. The van der Waals surface area contributed by atoms with E-state index in [-0.39, 0.29) is 0 Å². The predicted octanol–water partition coefficient (Wildman–Crippen LogP) is 1.21. The fraction of sp³-hybridized carbons (Fsp3) is 0.333. The molecule has 0 fully saturated rings. The van der Waals surface area contributed by atoms with E-state index in [4.69, 9.17) is 0 Å². The summed E-state index contributed by atoms with van der Waals surface area (Å²) in [7, 11) is 0. The highest BCUT2D eigenvalue weighted by Crippen LogP contribution is 2.21. The molecule has 0 saturated heterocycles. The van der Waals surface area contributed by atoms with Gasteiger partial charge in [-0.2, -0.15) is 9.78 Å². The van der Waals surface area contributed by atoms with Crippen molar-refractivity contribution in [2.45, 2.75) is 20.3 Å². The zero-order valence-corrected chi connectivity index (χ0v) is 13.7. The van der Waals surface area contributed by atoms with Gasteiger partial charge < -0.3 is 10.3 Å². The highest BCUT2D eigenvalue weighted by atomic mass is 79.9. The molecule has 0 aliphatic heterocycles. The minimum atomic E-state index is 0.338. The van der Waals surface area contributed by atoms with E-state index in [0.29, 0.717) is 18.4 Å². The first-order valence-electron chi connectivity index (χ1n) is 6.66. The molecule has 3 rings (SSSR count). The molecule has 0 amide bonds. The Morgan fingerprint density at radius 2 is 2.00 bits per heavy atom. The van der Waals surface area contributed by atoms with Gasteiger partial charge in [0.2, 0.25) is 0 Å². The average Bonchev–Trinajstić information content (AvgIpc) is 3.13. The van der Waals surface area contributed by atoms with E-state index in [9.17, 15) is 0 Å². The van der Waals surface area contributed by atoms with Gasteiger partial charge in [-0.05, 0) is 29.8 Å². The van der Waals surface area contributed by atoms with Crippen LogP contribution in [0.15, 0.2) is 17.0 Å². The molecule has 0 saturated carbocycles. The van der Waals surface area contributed by atoms with Crippen LogP contribution in [0.5, 0.6) is 0 Å². The summed E-state index contributed by atoms with van der Waals surface area (Å²) in [5.74, 6) is 0.717. The molecule has 0 unspecified atom stereocenters. The fourth-order valence-corrected chi connectivity index (χ4v) is 2.18. The molecule has 9 nitrogen and oxygen atoms in total. The maximum atomic E-state index is 4.34. The number of halogens is 1. The normalized spacial score (nSPS) is 10.9. The van der Waals surface area contributed by atoms with E-state index in [1.807, 2.05) is 13.8 Å². The Morgan fingerprint density at radius 1 is 1.23 bits per heavy atom. The SMILES string of the molecule is Cc1nn(-c2nnc(NCCc3cnc[nH]3)nn2)c(C)c1Br. The van der Waals surface area contributed by atoms with Crippen LogP contribution in [0.1, 0.15) is 17.1 Å². The molecule has 3 aromatic heterocycles. The van der Waals surface area contributed by atoms with Gasteiger partial charge in [-0.3, -0.25) is 0 Å². The number of imidazole rings is 1. The van der Waals surface area contributed by atoms with Crippen LogP contribution in [0, 0.1) is 13.8 Å². The van der Waals surface area contributed by atoms with E-state index in [1.165, 1.54) is 0 Å². The summed E-state index contributed by atoms with van der Waals surface area (Å²) in [4.78, 5) is 6.99. The second-order valence-corrected chi connectivity index (χ2v) is 5.47. The number of hydrogen-bond donors (Lipinski definition) is 2. The first-order valence-corrected chi connectivity index (χ1v) is 7.45. The third-order valence-corrected chi connectivity index (χ3v) is 4.24. The van der Waals surface area contributed by atoms with Crippen LogP contribution in [0.4, 0.5) is 5.95 Å². The molecule has 0 radical (unpaired) electrons. The van der Waals surface area contributed by atoms with Crippen molar-refractivity contribution in [2.75, 3.05) is 11.9 Å². The number of anilines is 1. The summed E-state index contributed by atoms with van der Waals surface area (Å²) in [5, 5.41) is 23.5. The number of nitrogens with one attached hydrogen (secondary N) is 2. The molecule has 0 spiro atoms. The highest BCUT2D eigenvalue weighted by molar-refractivity contribution is 9.10. The number of aryl methyl sites for hydroxylation is 1. The molecule has 3 heterocycles. The topological polar surface area (TPSA) is 110 Å². The van der Waals surface area contributed by atoms with Gasteiger partial charge in [0, 0.05) is 24.9 Å². The Kier molecular flexibility index (Phi) is 4.09. The molecule has 114 valence electrons. The number of nitrogens with zero attached hydrogens (tertiary/aromatic N) is 7. The van der Waals surface area contributed by atoms with Gasteiger partial charge in [0.15, 0.2) is 0 Å². The van der Waals surface area contributed by atoms with Crippen LogP contribution in [0.2, 0.25) is 0 Å². The maximum Gasteiger partial charge on any atom is 0.289 e. The Hall–Kier alpha value is -2.36. The molecule has 22 heavy (non-hydrogen) atoms. The van der Waals surface area contributed by atoms with Crippen molar-refractivity contribution in [3.63, 3.8) is 0 Å². The summed E-state index contributed by atoms with van der Waals surface area (Å²) in [6, 6.07) is 0. The Morgan fingerprint density at radius 3 is 2.59 bits per heavy atom. The van der Waals surface area contributed by atoms with Crippen molar-refractivity contribution in [1.29, 1.82) is 0 Å². The van der Waals surface area contributed by atoms with Gasteiger partial charge in [-0.1, -0.05) is 0 Å². The minimum Gasteiger partial charge on any atom is -0.351 e. The van der Waals surface area contributed by atoms with Crippen molar-refractivity contribution in [3.8, 4) is 5.95 Å². The van der Waals surface area contributed by atoms with Gasteiger partial charge in [0.25, 0.3) is 11.9 Å². The lowest BCUT2D eigenvalue weighted by Gasteiger charge is -2.03. The molecule has 0 atom stereocenters. The number of aromatic amines is 1. The van der Waals surface area contributed by atoms with E-state index in [1.54, 1.807) is 17.2 Å². The molecule has 2 N–H and O–H groups in total. The van der Waals surface area contributed by atoms with Crippen molar-refractivity contribution in [1.82, 2.24) is 40.1 Å². The molecule has 0 aliphatic carbocycles. The van der Waals surface area contributed by atoms with E-state index in [2.05, 4.69) is 56.7 Å². The Balaban J connectivity index is 1.66. The molecule has 3 aromatic rings. The largest absolute Gasteiger partial charge is 0.351 e. The van der Waals surface area contributed by atoms with Crippen LogP contribution < -0.4 is 5.32 Å². The Labute approximate surface area is 134 Å².